The van der Waals surface area contributed by atoms with Crippen LogP contribution in [0.5, 0.6) is 5.75 Å². The van der Waals surface area contributed by atoms with Crippen molar-refractivity contribution in [2.24, 2.45) is 0 Å². The van der Waals surface area contributed by atoms with Crippen LogP contribution < -0.4 is 10.1 Å². The quantitative estimate of drug-likeness (QED) is 0.170. The summed E-state index contributed by atoms with van der Waals surface area (Å²) in [6.07, 6.45) is 2.75. The Morgan fingerprint density at radius 1 is 1.20 bits per heavy atom. The summed E-state index contributed by atoms with van der Waals surface area (Å²) in [6, 6.07) is 15.9. The average molecular weight is 571 g/mol. The first-order chi connectivity index (χ1) is 17.1. The van der Waals surface area contributed by atoms with E-state index in [2.05, 4.69) is 49.9 Å². The molecule has 0 saturated carbocycles. The van der Waals surface area contributed by atoms with Gasteiger partial charge in [-0.1, -0.05) is 65.0 Å². The summed E-state index contributed by atoms with van der Waals surface area (Å²) in [5.41, 5.74) is 3.07. The van der Waals surface area contributed by atoms with Crippen molar-refractivity contribution in [3.05, 3.63) is 82.4 Å². The van der Waals surface area contributed by atoms with Crippen LogP contribution in [0.15, 0.2) is 76.2 Å². The van der Waals surface area contributed by atoms with Crippen molar-refractivity contribution in [3.63, 3.8) is 0 Å². The van der Waals surface area contributed by atoms with Crippen LogP contribution in [0.3, 0.4) is 0 Å². The smallest absolute Gasteiger partial charge is 0.236 e. The number of benzene rings is 2. The van der Waals surface area contributed by atoms with Gasteiger partial charge in [-0.15, -0.1) is 28.1 Å². The molecule has 0 aliphatic carbocycles. The lowest BCUT2D eigenvalue weighted by molar-refractivity contribution is -0.113. The zero-order chi connectivity index (χ0) is 24.6. The highest BCUT2D eigenvalue weighted by molar-refractivity contribution is 9.10. The lowest BCUT2D eigenvalue weighted by Crippen LogP contribution is -2.15. The molecule has 0 aliphatic heterocycles. The number of allylic oxidation sites excluding steroid dienone is 1. The summed E-state index contributed by atoms with van der Waals surface area (Å²) in [4.78, 5) is 17.1. The molecule has 0 spiro atoms. The Kier molecular flexibility index (Phi) is 8.73. The molecule has 10 heteroatoms. The van der Waals surface area contributed by atoms with E-state index in [-0.39, 0.29) is 18.3 Å². The summed E-state index contributed by atoms with van der Waals surface area (Å²) in [6.45, 7) is 6.74. The zero-order valence-electron chi connectivity index (χ0n) is 19.1. The molecule has 1 amide bonds. The minimum Gasteiger partial charge on any atom is -0.486 e. The molecule has 4 rings (SSSR count). The van der Waals surface area contributed by atoms with Gasteiger partial charge >= 0.3 is 0 Å². The summed E-state index contributed by atoms with van der Waals surface area (Å²) in [5, 5.41) is 14.5. The molecule has 0 radical (unpaired) electrons. The fraction of sp³-hybridized carbons (Fsp3) is 0.200. The van der Waals surface area contributed by atoms with Gasteiger partial charge in [-0.3, -0.25) is 9.36 Å². The Morgan fingerprint density at radius 2 is 1.97 bits per heavy atom. The lowest BCUT2D eigenvalue weighted by Gasteiger charge is -2.09. The third-order valence-electron chi connectivity index (χ3n) is 5.03. The predicted octanol–water partition coefficient (Wildman–Crippen LogP) is 6.22. The highest BCUT2D eigenvalue weighted by Crippen LogP contribution is 2.26. The van der Waals surface area contributed by atoms with Crippen molar-refractivity contribution in [1.82, 2.24) is 19.7 Å². The van der Waals surface area contributed by atoms with Crippen LogP contribution in [0.1, 0.15) is 18.3 Å². The number of nitrogens with one attached hydrogen (secondary N) is 1. The maximum absolute atomic E-state index is 12.5. The number of anilines is 1. The van der Waals surface area contributed by atoms with Crippen molar-refractivity contribution in [3.8, 4) is 17.0 Å². The largest absolute Gasteiger partial charge is 0.486 e. The summed E-state index contributed by atoms with van der Waals surface area (Å²) in [7, 11) is 0. The van der Waals surface area contributed by atoms with E-state index >= 15 is 0 Å². The van der Waals surface area contributed by atoms with Crippen LogP contribution in [0, 0.1) is 0 Å². The van der Waals surface area contributed by atoms with Crippen LogP contribution in [-0.4, -0.2) is 31.4 Å². The van der Waals surface area contributed by atoms with Crippen LogP contribution in [0.2, 0.25) is 0 Å². The van der Waals surface area contributed by atoms with Gasteiger partial charge < -0.3 is 10.1 Å². The number of thioether (sulfide) groups is 1. The number of ether oxygens (including phenoxy) is 1. The Bertz CT molecular complexity index is 1290. The molecule has 35 heavy (non-hydrogen) atoms. The molecule has 2 aromatic heterocycles. The number of carbonyl (C=O) groups is 1. The third-order valence-corrected chi connectivity index (χ3v) is 7.28. The summed E-state index contributed by atoms with van der Waals surface area (Å²) < 4.78 is 8.80. The van der Waals surface area contributed by atoms with E-state index in [9.17, 15) is 4.79 Å². The molecule has 0 bridgehead atoms. The van der Waals surface area contributed by atoms with E-state index in [0.717, 1.165) is 27.9 Å². The number of aromatic nitrogens is 4. The fourth-order valence-corrected chi connectivity index (χ4v) is 4.95. The van der Waals surface area contributed by atoms with Gasteiger partial charge in [0.1, 0.15) is 12.4 Å². The number of nitrogens with zero attached hydrogens (tertiary/aromatic N) is 4. The summed E-state index contributed by atoms with van der Waals surface area (Å²) in [5.74, 6) is 1.47. The maximum Gasteiger partial charge on any atom is 0.236 e. The molecule has 0 unspecified atom stereocenters. The Morgan fingerprint density at radius 3 is 2.69 bits per heavy atom. The minimum absolute atomic E-state index is 0.159. The first kappa shape index (κ1) is 25.2. The van der Waals surface area contributed by atoms with Crippen molar-refractivity contribution in [1.29, 1.82) is 0 Å². The van der Waals surface area contributed by atoms with Gasteiger partial charge in [-0.05, 0) is 36.2 Å². The molecule has 0 fully saturated rings. The average Bonchev–Trinajstić information content (AvgIpc) is 3.49. The number of rotatable bonds is 11. The van der Waals surface area contributed by atoms with E-state index in [1.807, 2.05) is 58.5 Å². The first-order valence-electron chi connectivity index (χ1n) is 10.9. The van der Waals surface area contributed by atoms with Crippen LogP contribution in [0.25, 0.3) is 11.3 Å². The first-order valence-corrected chi connectivity index (χ1v) is 13.6. The zero-order valence-corrected chi connectivity index (χ0v) is 22.3. The van der Waals surface area contributed by atoms with Crippen molar-refractivity contribution < 1.29 is 9.53 Å². The van der Waals surface area contributed by atoms with Crippen molar-refractivity contribution in [2.75, 3.05) is 11.1 Å². The van der Waals surface area contributed by atoms with Crippen molar-refractivity contribution >= 4 is 50.1 Å². The molecule has 1 N–H and O–H groups in total. The maximum atomic E-state index is 12.5. The van der Waals surface area contributed by atoms with Crippen LogP contribution in [-0.2, 0) is 24.4 Å². The number of carbonyl (C=O) groups excluding carboxylic acids is 1. The van der Waals surface area contributed by atoms with Gasteiger partial charge in [-0.25, -0.2) is 4.98 Å². The van der Waals surface area contributed by atoms with E-state index in [1.165, 1.54) is 28.7 Å². The molecule has 4 aromatic rings. The third kappa shape index (κ3) is 6.81. The Hall–Kier alpha value is -2.95. The normalized spacial score (nSPS) is 10.8. The molecular formula is C25H24BrN5O2S2. The molecule has 0 saturated heterocycles. The second-order valence-electron chi connectivity index (χ2n) is 7.47. The van der Waals surface area contributed by atoms with Gasteiger partial charge in [0.05, 0.1) is 11.4 Å². The van der Waals surface area contributed by atoms with Gasteiger partial charge in [0.2, 0.25) is 5.91 Å². The fourth-order valence-electron chi connectivity index (χ4n) is 3.18. The molecule has 0 aliphatic rings. The van der Waals surface area contributed by atoms with E-state index in [4.69, 9.17) is 4.74 Å². The summed E-state index contributed by atoms with van der Waals surface area (Å²) >= 11 is 6.14. The number of thiazole rings is 1. The number of aryl methyl sites for hydroxylation is 1. The topological polar surface area (TPSA) is 81.9 Å². The van der Waals surface area contributed by atoms with Gasteiger partial charge in [-0.2, -0.15) is 0 Å². The molecule has 7 nitrogen and oxygen atoms in total. The molecular weight excluding hydrogens is 546 g/mol. The van der Waals surface area contributed by atoms with Gasteiger partial charge in [0, 0.05) is 22.0 Å². The Labute approximate surface area is 220 Å². The molecule has 2 aromatic carbocycles. The second-order valence-corrected chi connectivity index (χ2v) is 10.2. The van der Waals surface area contributed by atoms with E-state index < -0.39 is 0 Å². The molecule has 180 valence electrons. The van der Waals surface area contributed by atoms with E-state index in [1.54, 1.807) is 6.08 Å². The van der Waals surface area contributed by atoms with Gasteiger partial charge in [0.25, 0.3) is 0 Å². The molecule has 0 atom stereocenters. The van der Waals surface area contributed by atoms with E-state index in [0.29, 0.717) is 22.7 Å². The minimum atomic E-state index is -0.159. The highest BCUT2D eigenvalue weighted by atomic mass is 79.9. The number of hydrogen-bond acceptors (Lipinski definition) is 7. The van der Waals surface area contributed by atoms with Crippen molar-refractivity contribution in [2.45, 2.75) is 31.7 Å². The van der Waals surface area contributed by atoms with Gasteiger partial charge in [0.15, 0.2) is 16.1 Å². The second kappa shape index (κ2) is 12.1. The van der Waals surface area contributed by atoms with Crippen LogP contribution >= 0.6 is 39.0 Å². The number of amides is 1. The SMILES string of the molecule is C=CCn1c(COc2ccc(CC)cc2)nnc1SCC(=O)Nc1nc(-c2ccc(Br)cc2)cs1. The standard InChI is InChI=1S/C25H24BrN5O2S2/c1-3-13-31-22(14-33-20-11-5-17(4-2)6-12-20)29-30-25(31)35-16-23(32)28-24-27-21(15-34-24)18-7-9-19(26)10-8-18/h3,5-12,15H,1,4,13-14,16H2,2H3,(H,27,28,32). The molecule has 2 heterocycles. The highest BCUT2D eigenvalue weighted by Gasteiger charge is 2.15. The number of hydrogen-bond donors (Lipinski definition) is 1. The monoisotopic (exact) mass is 569 g/mol. The predicted molar refractivity (Wildman–Crippen MR) is 145 cm³/mol. The van der Waals surface area contributed by atoms with Crippen LogP contribution in [0.4, 0.5) is 5.13 Å². The number of halogens is 1. The Balaban J connectivity index is 1.33. The lowest BCUT2D eigenvalue weighted by atomic mass is 10.2.